The van der Waals surface area contributed by atoms with Gasteiger partial charge in [0.2, 0.25) is 0 Å². The van der Waals surface area contributed by atoms with E-state index in [4.69, 9.17) is 4.52 Å². The Bertz CT molecular complexity index is 189. The van der Waals surface area contributed by atoms with Crippen LogP contribution in [-0.2, 0) is 9.09 Å². The molecular formula is C14H27O2P. The lowest BCUT2D eigenvalue weighted by Gasteiger charge is -2.26. The Morgan fingerprint density at radius 3 is 2.29 bits per heavy atom. The van der Waals surface area contributed by atoms with Gasteiger partial charge >= 0.3 is 8.69 Å². The van der Waals surface area contributed by atoms with Crippen LogP contribution in [0.3, 0.4) is 0 Å². The van der Waals surface area contributed by atoms with Gasteiger partial charge in [-0.2, -0.15) is 0 Å². The highest BCUT2D eigenvalue weighted by Crippen LogP contribution is 2.31. The van der Waals surface area contributed by atoms with Gasteiger partial charge in [0.15, 0.2) is 0 Å². The van der Waals surface area contributed by atoms with Gasteiger partial charge in [0, 0.05) is 0 Å². The maximum absolute atomic E-state index is 10.3. The molecule has 0 bridgehead atoms. The predicted octanol–water partition coefficient (Wildman–Crippen LogP) is 5.52. The van der Waals surface area contributed by atoms with Crippen LogP contribution in [0.5, 0.6) is 0 Å². The van der Waals surface area contributed by atoms with Crippen molar-refractivity contribution in [2.24, 2.45) is 5.92 Å². The lowest BCUT2D eigenvalue weighted by atomic mass is 9.84. The fraction of sp³-hybridized carbons (Fsp3) is 1.00. The minimum Gasteiger partial charge on any atom is -0.291 e. The summed E-state index contributed by atoms with van der Waals surface area (Å²) in [4.78, 5) is 0. The van der Waals surface area contributed by atoms with Crippen LogP contribution in [0.1, 0.15) is 77.6 Å². The van der Waals surface area contributed by atoms with Crippen molar-refractivity contribution >= 4 is 8.69 Å². The van der Waals surface area contributed by atoms with E-state index in [9.17, 15) is 4.57 Å². The molecule has 0 heterocycles. The second kappa shape index (κ2) is 10.0. The molecule has 1 saturated carbocycles. The van der Waals surface area contributed by atoms with Gasteiger partial charge in [-0.05, 0) is 31.6 Å². The first-order valence-electron chi connectivity index (χ1n) is 7.35. The predicted molar refractivity (Wildman–Crippen MR) is 72.4 cm³/mol. The third kappa shape index (κ3) is 7.16. The van der Waals surface area contributed by atoms with Gasteiger partial charge in [-0.15, -0.1) is 0 Å². The minimum atomic E-state index is -0.140. The zero-order valence-corrected chi connectivity index (χ0v) is 12.1. The molecule has 1 aliphatic rings. The van der Waals surface area contributed by atoms with Crippen LogP contribution in [0.2, 0.25) is 0 Å². The summed E-state index contributed by atoms with van der Waals surface area (Å²) in [5, 5.41) is 0. The number of hydrogen-bond donors (Lipinski definition) is 0. The van der Waals surface area contributed by atoms with Crippen molar-refractivity contribution in [2.75, 3.05) is 0 Å². The molecule has 0 aromatic rings. The maximum Gasteiger partial charge on any atom is 0.327 e. The summed E-state index contributed by atoms with van der Waals surface area (Å²) < 4.78 is 15.4. The molecule has 0 amide bonds. The third-order valence-corrected chi connectivity index (χ3v) is 4.34. The number of rotatable bonds is 9. The zero-order valence-electron chi connectivity index (χ0n) is 11.2. The van der Waals surface area contributed by atoms with Crippen LogP contribution in [0.25, 0.3) is 0 Å². The van der Waals surface area contributed by atoms with Gasteiger partial charge in [0.25, 0.3) is 0 Å². The SMILES string of the molecule is CCCCCCCCC1CCC(OP=O)CC1. The Morgan fingerprint density at radius 2 is 1.65 bits per heavy atom. The van der Waals surface area contributed by atoms with Gasteiger partial charge in [0.1, 0.15) is 0 Å². The molecule has 0 aromatic carbocycles. The summed E-state index contributed by atoms with van der Waals surface area (Å²) >= 11 is 0. The smallest absolute Gasteiger partial charge is 0.291 e. The average molecular weight is 258 g/mol. The summed E-state index contributed by atoms with van der Waals surface area (Å²) in [5.74, 6) is 0.907. The van der Waals surface area contributed by atoms with Crippen LogP contribution < -0.4 is 0 Å². The van der Waals surface area contributed by atoms with E-state index in [-0.39, 0.29) is 14.8 Å². The maximum atomic E-state index is 10.3. The first-order chi connectivity index (χ1) is 8.36. The first-order valence-corrected chi connectivity index (χ1v) is 8.08. The topological polar surface area (TPSA) is 26.3 Å². The van der Waals surface area contributed by atoms with Crippen LogP contribution in [0, 0.1) is 5.92 Å². The van der Waals surface area contributed by atoms with Crippen molar-refractivity contribution in [2.45, 2.75) is 83.7 Å². The van der Waals surface area contributed by atoms with Gasteiger partial charge in [-0.3, -0.25) is 4.52 Å². The molecule has 0 N–H and O–H groups in total. The van der Waals surface area contributed by atoms with Crippen molar-refractivity contribution in [1.29, 1.82) is 0 Å². The van der Waals surface area contributed by atoms with E-state index < -0.39 is 0 Å². The molecule has 3 heteroatoms. The van der Waals surface area contributed by atoms with Gasteiger partial charge in [-0.1, -0.05) is 51.9 Å². The van der Waals surface area contributed by atoms with E-state index in [0.717, 1.165) is 18.8 Å². The monoisotopic (exact) mass is 258 g/mol. The zero-order chi connectivity index (χ0) is 12.3. The van der Waals surface area contributed by atoms with Crippen LogP contribution in [-0.4, -0.2) is 6.10 Å². The Labute approximate surface area is 108 Å². The Balaban J connectivity index is 1.93. The Kier molecular flexibility index (Phi) is 8.92. The summed E-state index contributed by atoms with van der Waals surface area (Å²) in [6.45, 7) is 2.27. The molecule has 0 spiro atoms. The molecule has 1 rings (SSSR count). The van der Waals surface area contributed by atoms with E-state index in [1.54, 1.807) is 0 Å². The lowest BCUT2D eigenvalue weighted by molar-refractivity contribution is 0.141. The van der Waals surface area contributed by atoms with E-state index in [1.807, 2.05) is 0 Å². The average Bonchev–Trinajstić information content (AvgIpc) is 2.36. The van der Waals surface area contributed by atoms with Crippen LogP contribution in [0.15, 0.2) is 0 Å². The van der Waals surface area contributed by atoms with Crippen molar-refractivity contribution in [3.63, 3.8) is 0 Å². The Morgan fingerprint density at radius 1 is 1.00 bits per heavy atom. The second-order valence-corrected chi connectivity index (χ2v) is 5.74. The second-order valence-electron chi connectivity index (χ2n) is 5.38. The highest BCUT2D eigenvalue weighted by Gasteiger charge is 2.21. The van der Waals surface area contributed by atoms with Gasteiger partial charge in [-0.25, -0.2) is 4.57 Å². The number of hydrogen-bond acceptors (Lipinski definition) is 2. The van der Waals surface area contributed by atoms with E-state index in [0.29, 0.717) is 0 Å². The van der Waals surface area contributed by atoms with E-state index in [1.165, 1.54) is 57.8 Å². The molecule has 0 unspecified atom stereocenters. The normalized spacial score (nSPS) is 25.2. The van der Waals surface area contributed by atoms with Crippen LogP contribution >= 0.6 is 8.69 Å². The fourth-order valence-corrected chi connectivity index (χ4v) is 3.13. The van der Waals surface area contributed by atoms with Crippen molar-refractivity contribution in [1.82, 2.24) is 0 Å². The molecular weight excluding hydrogens is 231 g/mol. The van der Waals surface area contributed by atoms with Crippen molar-refractivity contribution in [3.05, 3.63) is 0 Å². The highest BCUT2D eigenvalue weighted by molar-refractivity contribution is 7.17. The molecule has 2 nitrogen and oxygen atoms in total. The third-order valence-electron chi connectivity index (χ3n) is 3.95. The van der Waals surface area contributed by atoms with Gasteiger partial charge < -0.3 is 0 Å². The first kappa shape index (κ1) is 15.1. The van der Waals surface area contributed by atoms with Crippen molar-refractivity contribution in [3.8, 4) is 0 Å². The summed E-state index contributed by atoms with van der Waals surface area (Å²) in [6.07, 6.45) is 14.8. The molecule has 1 fully saturated rings. The van der Waals surface area contributed by atoms with E-state index in [2.05, 4.69) is 6.92 Å². The summed E-state index contributed by atoms with van der Waals surface area (Å²) in [7, 11) is -0.140. The molecule has 100 valence electrons. The number of unbranched alkanes of at least 4 members (excludes halogenated alkanes) is 5. The molecule has 0 aliphatic heterocycles. The Hall–Kier alpha value is 0.0600. The molecule has 1 aliphatic carbocycles. The minimum absolute atomic E-state index is 0.140. The highest BCUT2D eigenvalue weighted by atomic mass is 31.1. The molecule has 0 aromatic heterocycles. The molecule has 0 saturated heterocycles. The summed E-state index contributed by atoms with van der Waals surface area (Å²) in [6, 6.07) is 0. The van der Waals surface area contributed by atoms with E-state index >= 15 is 0 Å². The molecule has 0 atom stereocenters. The fourth-order valence-electron chi connectivity index (χ4n) is 2.80. The lowest BCUT2D eigenvalue weighted by Crippen LogP contribution is -2.18. The van der Waals surface area contributed by atoms with Crippen LogP contribution in [0.4, 0.5) is 0 Å². The molecule has 0 radical (unpaired) electrons. The van der Waals surface area contributed by atoms with Gasteiger partial charge in [0.05, 0.1) is 6.10 Å². The quantitative estimate of drug-likeness (QED) is 0.402. The summed E-state index contributed by atoms with van der Waals surface area (Å²) in [5.41, 5.74) is 0. The molecule has 17 heavy (non-hydrogen) atoms. The largest absolute Gasteiger partial charge is 0.327 e. The standard InChI is InChI=1S/C14H27O2P/c1-2-3-4-5-6-7-8-13-9-11-14(12-10-13)16-17-15/h13-14H,2-12H2,1H3. The van der Waals surface area contributed by atoms with Crippen molar-refractivity contribution < 1.29 is 9.09 Å².